The SMILES string of the molecule is C=C1[C@H](O[Si](CC)(CC)CC)CC2(C[C@H]1O[Si](CC)(CC)CC)OC2C=C1CCC[C@]2(C)C([C@H](C)OC(=O)CCC(C)(C)O[Si](CC)(CC)CC)=CC[C@@H]12. The molecule has 310 valence electrons. The topological polar surface area (TPSA) is 66.5 Å². The van der Waals surface area contributed by atoms with Crippen molar-refractivity contribution >= 4 is 30.9 Å². The van der Waals surface area contributed by atoms with Gasteiger partial charge >= 0.3 is 5.97 Å². The van der Waals surface area contributed by atoms with Gasteiger partial charge in [0, 0.05) is 19.3 Å². The van der Waals surface area contributed by atoms with Crippen LogP contribution in [0.15, 0.2) is 35.5 Å². The number of epoxide rings is 1. The van der Waals surface area contributed by atoms with Crippen LogP contribution in [0.5, 0.6) is 0 Å². The predicted molar refractivity (Wildman–Crippen MR) is 233 cm³/mol. The van der Waals surface area contributed by atoms with Crippen molar-refractivity contribution in [2.75, 3.05) is 0 Å². The fourth-order valence-electron chi connectivity index (χ4n) is 10.8. The van der Waals surface area contributed by atoms with Crippen molar-refractivity contribution in [2.24, 2.45) is 11.3 Å². The molecular weight excluding hydrogens is 721 g/mol. The highest BCUT2D eigenvalue weighted by atomic mass is 28.4. The lowest BCUT2D eigenvalue weighted by Crippen LogP contribution is -2.50. The minimum absolute atomic E-state index is 0.00506. The Balaban J connectivity index is 1.47. The summed E-state index contributed by atoms with van der Waals surface area (Å²) in [6.45, 7) is 34.2. The summed E-state index contributed by atoms with van der Waals surface area (Å²) in [7, 11) is -5.50. The van der Waals surface area contributed by atoms with E-state index in [1.807, 2.05) is 0 Å². The van der Waals surface area contributed by atoms with E-state index < -0.39 is 25.0 Å². The standard InChI is InChI=1S/C45H82O6Si3/c1-15-52(16-2,17-3)49-39-32-45(33-40(34(39)10)50-53(18-4,19-5)20-6)41(48-45)31-36-25-24-29-44(14)37(26-27-38(36)44)35(11)47-42(46)28-30-43(12,13)51-54(21-7,22-8)23-9/h26,31,35,38-41H,10,15-25,27-30,32-33H2,1-9,11-14H3/t35-,38-,39+,40+,41?,44+/m0/s1. The van der Waals surface area contributed by atoms with Crippen LogP contribution in [0.1, 0.15) is 141 Å². The zero-order valence-electron chi connectivity index (χ0n) is 37.2. The van der Waals surface area contributed by atoms with E-state index in [9.17, 15) is 4.79 Å². The third kappa shape index (κ3) is 9.71. The quantitative estimate of drug-likeness (QED) is 0.0498. The van der Waals surface area contributed by atoms with Crippen molar-refractivity contribution < 1.29 is 27.5 Å². The third-order valence-corrected chi connectivity index (χ3v) is 29.6. The van der Waals surface area contributed by atoms with E-state index in [0.717, 1.165) is 98.5 Å². The van der Waals surface area contributed by atoms with E-state index in [1.54, 1.807) is 0 Å². The Labute approximate surface area is 335 Å². The first-order valence-electron chi connectivity index (χ1n) is 22.5. The van der Waals surface area contributed by atoms with Crippen molar-refractivity contribution in [1.29, 1.82) is 0 Å². The number of rotatable bonds is 21. The second kappa shape index (κ2) is 18.4. The second-order valence-corrected chi connectivity index (χ2v) is 32.6. The maximum absolute atomic E-state index is 13.3. The summed E-state index contributed by atoms with van der Waals surface area (Å²) in [5.74, 6) is 0.309. The van der Waals surface area contributed by atoms with Gasteiger partial charge in [0.15, 0.2) is 25.0 Å². The van der Waals surface area contributed by atoms with E-state index in [0.29, 0.717) is 18.8 Å². The average molecular weight is 803 g/mol. The van der Waals surface area contributed by atoms with E-state index in [-0.39, 0.29) is 47.0 Å². The molecule has 4 rings (SSSR count). The highest BCUT2D eigenvalue weighted by Crippen LogP contribution is 2.58. The van der Waals surface area contributed by atoms with Crippen LogP contribution in [-0.4, -0.2) is 66.5 Å². The Morgan fingerprint density at radius 1 is 0.889 bits per heavy atom. The minimum Gasteiger partial charge on any atom is -0.458 e. The molecule has 3 aliphatic carbocycles. The van der Waals surface area contributed by atoms with Crippen LogP contribution in [-0.2, 0) is 27.5 Å². The minimum atomic E-state index is -1.87. The van der Waals surface area contributed by atoms with Crippen molar-refractivity contribution in [3.05, 3.63) is 35.5 Å². The van der Waals surface area contributed by atoms with E-state index in [2.05, 4.69) is 102 Å². The molecule has 1 unspecified atom stereocenters. The van der Waals surface area contributed by atoms with Crippen LogP contribution in [0, 0.1) is 11.3 Å². The number of fused-ring (bicyclic) bond motifs is 1. The molecule has 0 N–H and O–H groups in total. The highest BCUT2D eigenvalue weighted by Gasteiger charge is 2.62. The largest absolute Gasteiger partial charge is 0.458 e. The van der Waals surface area contributed by atoms with Crippen LogP contribution >= 0.6 is 0 Å². The molecule has 1 saturated heterocycles. The van der Waals surface area contributed by atoms with Crippen molar-refractivity contribution in [2.45, 2.75) is 231 Å². The number of esters is 1. The molecule has 0 bridgehead atoms. The molecule has 2 saturated carbocycles. The van der Waals surface area contributed by atoms with Gasteiger partial charge in [-0.3, -0.25) is 4.79 Å². The predicted octanol–water partition coefficient (Wildman–Crippen LogP) is 12.8. The molecule has 9 heteroatoms. The van der Waals surface area contributed by atoms with Crippen molar-refractivity contribution in [3.8, 4) is 0 Å². The average Bonchev–Trinajstić information content (AvgIpc) is 3.67. The molecule has 54 heavy (non-hydrogen) atoms. The molecule has 1 aliphatic heterocycles. The van der Waals surface area contributed by atoms with Crippen molar-refractivity contribution in [1.82, 2.24) is 0 Å². The van der Waals surface area contributed by atoms with Gasteiger partial charge < -0.3 is 22.8 Å². The lowest BCUT2D eigenvalue weighted by Gasteiger charge is -2.44. The van der Waals surface area contributed by atoms with Gasteiger partial charge in [0.1, 0.15) is 17.8 Å². The summed E-state index contributed by atoms with van der Waals surface area (Å²) in [5, 5.41) is 0. The van der Waals surface area contributed by atoms with Gasteiger partial charge in [-0.2, -0.15) is 0 Å². The van der Waals surface area contributed by atoms with Crippen LogP contribution in [0.4, 0.5) is 0 Å². The molecule has 4 aliphatic rings. The first-order valence-corrected chi connectivity index (χ1v) is 30.1. The van der Waals surface area contributed by atoms with Crippen LogP contribution in [0.3, 0.4) is 0 Å². The summed E-state index contributed by atoms with van der Waals surface area (Å²) in [6, 6.07) is 10.1. The van der Waals surface area contributed by atoms with Crippen LogP contribution < -0.4 is 0 Å². The molecular formula is C45H82O6Si3. The number of hydrogen-bond donors (Lipinski definition) is 0. The third-order valence-electron chi connectivity index (χ3n) is 15.4. The maximum atomic E-state index is 13.3. The summed E-state index contributed by atoms with van der Waals surface area (Å²) in [4.78, 5) is 13.3. The molecule has 0 aromatic carbocycles. The number of carbonyl (C=O) groups excluding carboxylic acids is 1. The smallest absolute Gasteiger partial charge is 0.306 e. The lowest BCUT2D eigenvalue weighted by molar-refractivity contribution is -0.148. The number of allylic oxidation sites excluding steroid dienone is 2. The number of ether oxygens (including phenoxy) is 2. The summed E-state index contributed by atoms with van der Waals surface area (Å²) in [6.07, 6.45) is 12.0. The molecule has 0 aromatic heterocycles. The summed E-state index contributed by atoms with van der Waals surface area (Å²) in [5.41, 5.74) is 3.42. The van der Waals surface area contributed by atoms with Crippen LogP contribution in [0.25, 0.3) is 0 Å². The Morgan fingerprint density at radius 2 is 1.39 bits per heavy atom. The van der Waals surface area contributed by atoms with Gasteiger partial charge in [0.2, 0.25) is 0 Å². The molecule has 0 aromatic rings. The van der Waals surface area contributed by atoms with E-state index in [4.69, 9.17) is 29.3 Å². The van der Waals surface area contributed by atoms with E-state index >= 15 is 0 Å². The first kappa shape index (κ1) is 45.9. The zero-order valence-corrected chi connectivity index (χ0v) is 40.2. The fourth-order valence-corrected chi connectivity index (χ4v) is 19.6. The maximum Gasteiger partial charge on any atom is 0.306 e. The van der Waals surface area contributed by atoms with E-state index in [1.165, 1.54) is 11.1 Å². The Bertz CT molecular complexity index is 1290. The highest BCUT2D eigenvalue weighted by molar-refractivity contribution is 6.74. The molecule has 6 atom stereocenters. The number of carbonyl (C=O) groups is 1. The second-order valence-electron chi connectivity index (χ2n) is 18.5. The fraction of sp³-hybridized carbons (Fsp3) is 0.844. The lowest BCUT2D eigenvalue weighted by atomic mass is 9.63. The molecule has 1 spiro atoms. The molecule has 0 amide bonds. The van der Waals surface area contributed by atoms with Gasteiger partial charge in [-0.1, -0.05) is 93.5 Å². The Hall–Kier alpha value is -0.819. The Morgan fingerprint density at radius 3 is 1.87 bits per heavy atom. The monoisotopic (exact) mass is 803 g/mol. The summed E-state index contributed by atoms with van der Waals surface area (Å²) >= 11 is 0. The van der Waals surface area contributed by atoms with Gasteiger partial charge in [0.25, 0.3) is 0 Å². The van der Waals surface area contributed by atoms with Gasteiger partial charge in [-0.15, -0.1) is 0 Å². The van der Waals surface area contributed by atoms with Crippen molar-refractivity contribution in [3.63, 3.8) is 0 Å². The van der Waals surface area contributed by atoms with Crippen LogP contribution in [0.2, 0.25) is 54.4 Å². The normalized spacial score (nSPS) is 30.4. The molecule has 1 heterocycles. The summed E-state index contributed by atoms with van der Waals surface area (Å²) < 4.78 is 34.4. The molecule has 3 fully saturated rings. The zero-order chi connectivity index (χ0) is 40.2. The Kier molecular flexibility index (Phi) is 15.6. The molecule has 6 nitrogen and oxygen atoms in total. The molecule has 0 radical (unpaired) electrons. The first-order chi connectivity index (χ1) is 25.5. The van der Waals surface area contributed by atoms with Gasteiger partial charge in [0.05, 0.1) is 17.8 Å². The van der Waals surface area contributed by atoms with Gasteiger partial charge in [-0.05, 0) is 130 Å². The number of hydrogen-bond acceptors (Lipinski definition) is 6. The van der Waals surface area contributed by atoms with Gasteiger partial charge in [-0.25, -0.2) is 0 Å².